The second kappa shape index (κ2) is 9.11. The lowest BCUT2D eigenvalue weighted by atomic mass is 10.1. The van der Waals surface area contributed by atoms with E-state index in [9.17, 15) is 0 Å². The molecule has 0 atom stereocenters. The summed E-state index contributed by atoms with van der Waals surface area (Å²) in [4.78, 5) is 2.36. The van der Waals surface area contributed by atoms with Gasteiger partial charge in [-0.3, -0.25) is 4.90 Å². The van der Waals surface area contributed by atoms with Crippen LogP contribution in [0.3, 0.4) is 0 Å². The van der Waals surface area contributed by atoms with Crippen LogP contribution in [0.25, 0.3) is 16.8 Å². The van der Waals surface area contributed by atoms with Crippen LogP contribution in [-0.2, 0) is 4.74 Å². The predicted molar refractivity (Wildman–Crippen MR) is 113 cm³/mol. The Morgan fingerprint density at radius 3 is 2.41 bits per heavy atom. The van der Waals surface area contributed by atoms with Crippen molar-refractivity contribution in [1.29, 1.82) is 0 Å². The third-order valence-corrected chi connectivity index (χ3v) is 5.13. The van der Waals surface area contributed by atoms with Crippen molar-refractivity contribution < 1.29 is 14.2 Å². The summed E-state index contributed by atoms with van der Waals surface area (Å²) in [5.74, 6) is 1.47. The van der Waals surface area contributed by atoms with E-state index in [0.29, 0.717) is 12.5 Å². The number of hydrogen-bond donors (Lipinski definition) is 0. The molecule has 0 unspecified atom stereocenters. The number of ether oxygens (including phenoxy) is 3. The predicted octanol–water partition coefficient (Wildman–Crippen LogP) is 3.57. The van der Waals surface area contributed by atoms with Crippen LogP contribution in [0.15, 0.2) is 54.7 Å². The van der Waals surface area contributed by atoms with Crippen molar-refractivity contribution >= 4 is 0 Å². The normalized spacial score (nSPS) is 14.7. The van der Waals surface area contributed by atoms with E-state index in [0.717, 1.165) is 55.4 Å². The highest BCUT2D eigenvalue weighted by molar-refractivity contribution is 5.68. The van der Waals surface area contributed by atoms with E-state index in [1.807, 2.05) is 35.1 Å². The molecule has 0 N–H and O–H groups in total. The van der Waals surface area contributed by atoms with Gasteiger partial charge in [0, 0.05) is 25.8 Å². The molecular weight excluding hydrogens is 366 g/mol. The zero-order chi connectivity index (χ0) is 20.1. The molecule has 1 aliphatic rings. The molecule has 1 aromatic heterocycles. The molecule has 152 valence electrons. The molecule has 0 spiro atoms. The highest BCUT2D eigenvalue weighted by Gasteiger charge is 2.15. The van der Waals surface area contributed by atoms with E-state index in [1.54, 1.807) is 7.11 Å². The van der Waals surface area contributed by atoms with Gasteiger partial charge in [-0.25, -0.2) is 4.68 Å². The minimum atomic E-state index is 0.596. The van der Waals surface area contributed by atoms with E-state index in [1.165, 1.54) is 5.56 Å². The highest BCUT2D eigenvalue weighted by Crippen LogP contribution is 2.30. The molecule has 3 aromatic rings. The number of aromatic nitrogens is 2. The summed E-state index contributed by atoms with van der Waals surface area (Å²) in [5, 5.41) is 4.73. The number of rotatable bonds is 7. The smallest absolute Gasteiger partial charge is 0.241 e. The van der Waals surface area contributed by atoms with Gasteiger partial charge in [0.15, 0.2) is 0 Å². The molecule has 0 aliphatic carbocycles. The van der Waals surface area contributed by atoms with Gasteiger partial charge < -0.3 is 14.2 Å². The monoisotopic (exact) mass is 393 g/mol. The molecule has 6 nitrogen and oxygen atoms in total. The number of benzene rings is 2. The summed E-state index contributed by atoms with van der Waals surface area (Å²) in [5.41, 5.74) is 4.27. The van der Waals surface area contributed by atoms with Crippen LogP contribution in [0.5, 0.6) is 11.6 Å². The van der Waals surface area contributed by atoms with Crippen LogP contribution in [0.4, 0.5) is 0 Å². The number of aryl methyl sites for hydroxylation is 1. The number of methoxy groups -OCH3 is 1. The van der Waals surface area contributed by atoms with Gasteiger partial charge in [0.2, 0.25) is 5.88 Å². The van der Waals surface area contributed by atoms with E-state index in [2.05, 4.69) is 36.1 Å². The highest BCUT2D eigenvalue weighted by atomic mass is 16.5. The lowest BCUT2D eigenvalue weighted by molar-refractivity contribution is 0.0320. The van der Waals surface area contributed by atoms with Gasteiger partial charge in [-0.05, 0) is 36.8 Å². The third kappa shape index (κ3) is 4.78. The SMILES string of the molecule is COc1ccc(-n2cc(-c3ccc(C)cc3)c(OCCN3CCOCC3)n2)cc1. The molecule has 1 saturated heterocycles. The quantitative estimate of drug-likeness (QED) is 0.614. The molecule has 0 amide bonds. The van der Waals surface area contributed by atoms with Crippen LogP contribution in [0.1, 0.15) is 5.56 Å². The minimum absolute atomic E-state index is 0.596. The summed E-state index contributed by atoms with van der Waals surface area (Å²) in [6.45, 7) is 7.04. The van der Waals surface area contributed by atoms with Crippen molar-refractivity contribution in [2.24, 2.45) is 0 Å². The van der Waals surface area contributed by atoms with E-state index in [-0.39, 0.29) is 0 Å². The largest absolute Gasteiger partial charge is 0.497 e. The van der Waals surface area contributed by atoms with Gasteiger partial charge in [0.1, 0.15) is 12.4 Å². The Hall–Kier alpha value is -2.83. The molecule has 0 bridgehead atoms. The zero-order valence-corrected chi connectivity index (χ0v) is 17.0. The third-order valence-electron chi connectivity index (χ3n) is 5.13. The molecule has 4 rings (SSSR count). The fourth-order valence-corrected chi connectivity index (χ4v) is 3.36. The second-order valence-corrected chi connectivity index (χ2v) is 7.16. The molecule has 6 heteroatoms. The van der Waals surface area contributed by atoms with Gasteiger partial charge in [0.25, 0.3) is 0 Å². The van der Waals surface area contributed by atoms with Gasteiger partial charge in [-0.15, -0.1) is 5.10 Å². The summed E-state index contributed by atoms with van der Waals surface area (Å²) >= 11 is 0. The van der Waals surface area contributed by atoms with Gasteiger partial charge in [0.05, 0.1) is 31.6 Å². The van der Waals surface area contributed by atoms with Crippen LogP contribution >= 0.6 is 0 Å². The average molecular weight is 393 g/mol. The maximum absolute atomic E-state index is 6.13. The van der Waals surface area contributed by atoms with Crippen molar-refractivity contribution in [3.63, 3.8) is 0 Å². The maximum atomic E-state index is 6.13. The molecular formula is C23H27N3O3. The fourth-order valence-electron chi connectivity index (χ4n) is 3.36. The Balaban J connectivity index is 1.56. The topological polar surface area (TPSA) is 48.8 Å². The first-order chi connectivity index (χ1) is 14.2. The van der Waals surface area contributed by atoms with E-state index in [4.69, 9.17) is 19.3 Å². The minimum Gasteiger partial charge on any atom is -0.497 e. The van der Waals surface area contributed by atoms with Gasteiger partial charge in [-0.2, -0.15) is 0 Å². The average Bonchev–Trinajstić information content (AvgIpc) is 3.19. The van der Waals surface area contributed by atoms with Crippen LogP contribution in [0.2, 0.25) is 0 Å². The standard InChI is InChI=1S/C23H27N3O3/c1-18-3-5-19(6-4-18)22-17-26(20-7-9-21(27-2)10-8-20)24-23(22)29-16-13-25-11-14-28-15-12-25/h3-10,17H,11-16H2,1-2H3. The number of morpholine rings is 1. The number of nitrogens with zero attached hydrogens (tertiary/aromatic N) is 3. The Morgan fingerprint density at radius 2 is 1.72 bits per heavy atom. The lowest BCUT2D eigenvalue weighted by Gasteiger charge is -2.26. The van der Waals surface area contributed by atoms with Gasteiger partial charge in [-0.1, -0.05) is 29.8 Å². The maximum Gasteiger partial charge on any atom is 0.241 e. The Labute approximate surface area is 171 Å². The Morgan fingerprint density at radius 1 is 1.00 bits per heavy atom. The molecule has 1 aliphatic heterocycles. The van der Waals surface area contributed by atoms with Crippen molar-refractivity contribution in [3.8, 4) is 28.4 Å². The van der Waals surface area contributed by atoms with Crippen molar-refractivity contribution in [2.75, 3.05) is 46.6 Å². The first-order valence-electron chi connectivity index (χ1n) is 9.97. The van der Waals surface area contributed by atoms with Crippen LogP contribution in [0, 0.1) is 6.92 Å². The molecule has 0 radical (unpaired) electrons. The van der Waals surface area contributed by atoms with E-state index >= 15 is 0 Å². The zero-order valence-electron chi connectivity index (χ0n) is 17.0. The molecule has 1 fully saturated rings. The first kappa shape index (κ1) is 19.5. The van der Waals surface area contributed by atoms with E-state index < -0.39 is 0 Å². The summed E-state index contributed by atoms with van der Waals surface area (Å²) < 4.78 is 18.7. The molecule has 29 heavy (non-hydrogen) atoms. The molecule has 2 aromatic carbocycles. The molecule has 0 saturated carbocycles. The van der Waals surface area contributed by atoms with Crippen molar-refractivity contribution in [1.82, 2.24) is 14.7 Å². The van der Waals surface area contributed by atoms with Crippen LogP contribution in [-0.4, -0.2) is 61.2 Å². The molecule has 2 heterocycles. The summed E-state index contributed by atoms with van der Waals surface area (Å²) in [6.07, 6.45) is 2.02. The second-order valence-electron chi connectivity index (χ2n) is 7.16. The Kier molecular flexibility index (Phi) is 6.12. The summed E-state index contributed by atoms with van der Waals surface area (Å²) in [7, 11) is 1.67. The fraction of sp³-hybridized carbons (Fsp3) is 0.348. The van der Waals surface area contributed by atoms with Crippen LogP contribution < -0.4 is 9.47 Å². The Bertz CT molecular complexity index is 914. The number of hydrogen-bond acceptors (Lipinski definition) is 5. The van der Waals surface area contributed by atoms with Gasteiger partial charge >= 0.3 is 0 Å². The lowest BCUT2D eigenvalue weighted by Crippen LogP contribution is -2.38. The first-order valence-corrected chi connectivity index (χ1v) is 9.97. The summed E-state index contributed by atoms with van der Waals surface area (Å²) in [6, 6.07) is 16.3. The van der Waals surface area contributed by atoms with Crippen molar-refractivity contribution in [3.05, 3.63) is 60.3 Å². The van der Waals surface area contributed by atoms with Crippen molar-refractivity contribution in [2.45, 2.75) is 6.92 Å².